The van der Waals surface area contributed by atoms with Gasteiger partial charge in [0.15, 0.2) is 0 Å². The molecule has 2 aromatic carbocycles. The number of carbonyl (C=O) groups is 2. The fourth-order valence-corrected chi connectivity index (χ4v) is 3.93. The zero-order valence-electron chi connectivity index (χ0n) is 19.2. The largest absolute Gasteiger partial charge is 0.442 e. The number of carbonyl (C=O) groups excluding carboxylic acids is 2. The molecule has 0 bridgehead atoms. The number of benzene rings is 2. The molecule has 1 aromatic heterocycles. The number of aromatic nitrogens is 1. The average Bonchev–Trinajstić information content (AvgIpc) is 3.19. The molecule has 0 spiro atoms. The van der Waals surface area contributed by atoms with Crippen molar-refractivity contribution < 1.29 is 18.7 Å². The number of rotatable bonds is 8. The zero-order valence-corrected chi connectivity index (χ0v) is 19.2. The Morgan fingerprint density at radius 1 is 1.18 bits per heavy atom. The van der Waals surface area contributed by atoms with E-state index >= 15 is 0 Å². The predicted octanol–water partition coefficient (Wildman–Crippen LogP) is 3.98. The minimum absolute atomic E-state index is 0.198. The van der Waals surface area contributed by atoms with Crippen LogP contribution >= 0.6 is 0 Å². The first-order valence-corrected chi connectivity index (χ1v) is 11.1. The van der Waals surface area contributed by atoms with Crippen LogP contribution in [0.15, 0.2) is 66.9 Å². The summed E-state index contributed by atoms with van der Waals surface area (Å²) in [6.45, 7) is 3.36. The third kappa shape index (κ3) is 5.77. The van der Waals surface area contributed by atoms with Crippen LogP contribution in [0.1, 0.15) is 18.2 Å². The van der Waals surface area contributed by atoms with Crippen LogP contribution < -0.4 is 10.2 Å². The summed E-state index contributed by atoms with van der Waals surface area (Å²) in [6.07, 6.45) is 0.762. The number of hydrogen-bond acceptors (Lipinski definition) is 5. The van der Waals surface area contributed by atoms with Gasteiger partial charge in [-0.05, 0) is 48.5 Å². The maximum Gasteiger partial charge on any atom is 0.414 e. The number of nitrogens with one attached hydrogen (secondary N) is 1. The second-order valence-corrected chi connectivity index (χ2v) is 8.41. The van der Waals surface area contributed by atoms with Gasteiger partial charge in [-0.15, -0.1) is 0 Å². The molecule has 1 aliphatic rings. The highest BCUT2D eigenvalue weighted by molar-refractivity contribution is 5.90. The highest BCUT2D eigenvalue weighted by atomic mass is 19.1. The van der Waals surface area contributed by atoms with E-state index < -0.39 is 18.0 Å². The highest BCUT2D eigenvalue weighted by Gasteiger charge is 2.32. The zero-order chi connectivity index (χ0) is 24.1. The Hall–Kier alpha value is -3.78. The number of pyridine rings is 1. The molecule has 8 heteroatoms. The first kappa shape index (κ1) is 23.4. The lowest BCUT2D eigenvalue weighted by Crippen LogP contribution is -2.33. The molecule has 1 saturated heterocycles. The molecule has 0 radical (unpaired) electrons. The quantitative estimate of drug-likeness (QED) is 0.548. The Morgan fingerprint density at radius 3 is 2.65 bits per heavy atom. The third-order valence-corrected chi connectivity index (χ3v) is 5.59. The number of halogens is 1. The molecule has 34 heavy (non-hydrogen) atoms. The van der Waals surface area contributed by atoms with Crippen LogP contribution in [0, 0.1) is 5.82 Å². The Morgan fingerprint density at radius 2 is 1.97 bits per heavy atom. The second kappa shape index (κ2) is 10.4. The molecule has 0 aliphatic carbocycles. The van der Waals surface area contributed by atoms with E-state index in [1.54, 1.807) is 18.3 Å². The van der Waals surface area contributed by atoms with Gasteiger partial charge >= 0.3 is 6.09 Å². The van der Waals surface area contributed by atoms with Crippen LogP contribution in [0.4, 0.5) is 14.9 Å². The van der Waals surface area contributed by atoms with Crippen molar-refractivity contribution in [3.05, 3.63) is 83.9 Å². The molecule has 4 rings (SSSR count). The Labute approximate surface area is 198 Å². The fourth-order valence-electron chi connectivity index (χ4n) is 3.93. The molecule has 3 aromatic rings. The van der Waals surface area contributed by atoms with E-state index in [1.807, 2.05) is 49.5 Å². The van der Waals surface area contributed by atoms with E-state index in [0.29, 0.717) is 11.3 Å². The van der Waals surface area contributed by atoms with E-state index in [9.17, 15) is 14.0 Å². The average molecular weight is 463 g/mol. The van der Waals surface area contributed by atoms with Gasteiger partial charge in [0.2, 0.25) is 5.91 Å². The van der Waals surface area contributed by atoms with Gasteiger partial charge in [0, 0.05) is 31.8 Å². The summed E-state index contributed by atoms with van der Waals surface area (Å²) in [5, 5.41) is 2.63. The summed E-state index contributed by atoms with van der Waals surface area (Å²) < 4.78 is 20.2. The van der Waals surface area contributed by atoms with Crippen LogP contribution in [0.5, 0.6) is 0 Å². The summed E-state index contributed by atoms with van der Waals surface area (Å²) in [5.41, 5.74) is 3.76. The van der Waals surface area contributed by atoms with Gasteiger partial charge in [-0.3, -0.25) is 19.6 Å². The maximum atomic E-state index is 15.0. The van der Waals surface area contributed by atoms with Crippen molar-refractivity contribution in [2.45, 2.75) is 26.1 Å². The van der Waals surface area contributed by atoms with Gasteiger partial charge in [-0.1, -0.05) is 30.3 Å². The fraction of sp³-hybridized carbons (Fsp3) is 0.269. The van der Waals surface area contributed by atoms with Crippen molar-refractivity contribution in [1.82, 2.24) is 15.2 Å². The lowest BCUT2D eigenvalue weighted by Gasteiger charge is -2.17. The molecule has 1 aliphatic heterocycles. The lowest BCUT2D eigenvalue weighted by atomic mass is 10.0. The van der Waals surface area contributed by atoms with E-state index in [-0.39, 0.29) is 19.0 Å². The van der Waals surface area contributed by atoms with Crippen molar-refractivity contribution in [3.63, 3.8) is 0 Å². The van der Waals surface area contributed by atoms with Crippen LogP contribution in [-0.4, -0.2) is 48.1 Å². The van der Waals surface area contributed by atoms with E-state index in [1.165, 1.54) is 17.9 Å². The topological polar surface area (TPSA) is 74.8 Å². The molecule has 0 unspecified atom stereocenters. The second-order valence-electron chi connectivity index (χ2n) is 8.41. The first-order valence-electron chi connectivity index (χ1n) is 11.1. The predicted molar refractivity (Wildman–Crippen MR) is 128 cm³/mol. The van der Waals surface area contributed by atoms with Gasteiger partial charge in [0.1, 0.15) is 11.9 Å². The Kier molecular flexibility index (Phi) is 7.18. The molecule has 1 N–H and O–H groups in total. The minimum Gasteiger partial charge on any atom is -0.442 e. The van der Waals surface area contributed by atoms with E-state index in [0.717, 1.165) is 29.9 Å². The normalized spacial score (nSPS) is 15.5. The number of anilines is 1. The van der Waals surface area contributed by atoms with Gasteiger partial charge < -0.3 is 10.1 Å². The first-order chi connectivity index (χ1) is 16.4. The number of hydrogen-bond donors (Lipinski definition) is 1. The number of cyclic esters (lactones) is 1. The molecule has 1 fully saturated rings. The summed E-state index contributed by atoms with van der Waals surface area (Å²) in [5.74, 6) is -0.619. The van der Waals surface area contributed by atoms with Crippen molar-refractivity contribution in [2.24, 2.45) is 0 Å². The molecular formula is C26H27FN4O3. The SMILES string of the molecule is CC(=O)NC[C@H]1CN(c2ccc(-c3ccc(CN(C)Cc4ccccn4)cc3)c(F)c2)C(=O)O1. The molecule has 2 heterocycles. The number of amides is 2. The van der Waals surface area contributed by atoms with E-state index in [2.05, 4.69) is 15.2 Å². The molecule has 176 valence electrons. The molecule has 2 amide bonds. The summed E-state index contributed by atoms with van der Waals surface area (Å²) >= 11 is 0. The van der Waals surface area contributed by atoms with Crippen LogP contribution in [0.3, 0.4) is 0 Å². The van der Waals surface area contributed by atoms with Gasteiger partial charge in [-0.25, -0.2) is 9.18 Å². The van der Waals surface area contributed by atoms with Gasteiger partial charge in [0.05, 0.1) is 24.5 Å². The third-order valence-electron chi connectivity index (χ3n) is 5.59. The molecule has 0 saturated carbocycles. The molecule has 1 atom stereocenters. The van der Waals surface area contributed by atoms with Crippen molar-refractivity contribution >= 4 is 17.7 Å². The Balaban J connectivity index is 1.40. The number of nitrogens with zero attached hydrogens (tertiary/aromatic N) is 3. The minimum atomic E-state index is -0.554. The maximum absolute atomic E-state index is 15.0. The smallest absolute Gasteiger partial charge is 0.414 e. The highest BCUT2D eigenvalue weighted by Crippen LogP contribution is 2.29. The van der Waals surface area contributed by atoms with Gasteiger partial charge in [0.25, 0.3) is 0 Å². The molecule has 7 nitrogen and oxygen atoms in total. The monoisotopic (exact) mass is 462 g/mol. The van der Waals surface area contributed by atoms with Crippen molar-refractivity contribution in [1.29, 1.82) is 0 Å². The van der Waals surface area contributed by atoms with E-state index in [4.69, 9.17) is 4.74 Å². The lowest BCUT2D eigenvalue weighted by molar-refractivity contribution is -0.119. The van der Waals surface area contributed by atoms with Crippen LogP contribution in [0.25, 0.3) is 11.1 Å². The number of ether oxygens (including phenoxy) is 1. The standard InChI is InChI=1S/C26H27FN4O3/c1-18(32)29-14-23-17-31(26(33)34-23)22-10-11-24(25(27)13-22)20-8-6-19(7-9-20)15-30(2)16-21-5-3-4-12-28-21/h3-13,23H,14-17H2,1-2H3,(H,29,32)/t23-/m0/s1. The summed E-state index contributed by atoms with van der Waals surface area (Å²) in [6, 6.07) is 18.4. The van der Waals surface area contributed by atoms with Crippen LogP contribution in [0.2, 0.25) is 0 Å². The van der Waals surface area contributed by atoms with Crippen molar-refractivity contribution in [2.75, 3.05) is 25.0 Å². The summed E-state index contributed by atoms with van der Waals surface area (Å²) in [4.78, 5) is 31.2. The Bertz CT molecular complexity index is 1150. The van der Waals surface area contributed by atoms with Crippen LogP contribution in [-0.2, 0) is 22.6 Å². The summed E-state index contributed by atoms with van der Waals surface area (Å²) in [7, 11) is 2.03. The van der Waals surface area contributed by atoms with Gasteiger partial charge in [-0.2, -0.15) is 0 Å². The molecular weight excluding hydrogens is 435 g/mol. The van der Waals surface area contributed by atoms with Crippen molar-refractivity contribution in [3.8, 4) is 11.1 Å².